The van der Waals surface area contributed by atoms with Crippen LogP contribution in [0.2, 0.25) is 0 Å². The Bertz CT molecular complexity index is 299. The lowest BCUT2D eigenvalue weighted by molar-refractivity contribution is 0.0399. The molecule has 0 radical (unpaired) electrons. The number of nitrogens with two attached hydrogens (primary N) is 1. The van der Waals surface area contributed by atoms with Crippen LogP contribution in [0.25, 0.3) is 0 Å². The summed E-state index contributed by atoms with van der Waals surface area (Å²) in [6.07, 6.45) is 2.36. The zero-order valence-corrected chi connectivity index (χ0v) is 11.2. The van der Waals surface area contributed by atoms with Crippen LogP contribution in [0.3, 0.4) is 0 Å². The molecular formula is C12H18INO. The third-order valence-corrected chi connectivity index (χ3v) is 3.26. The molecule has 2 nitrogen and oxygen atoms in total. The van der Waals surface area contributed by atoms with Crippen LogP contribution in [0.1, 0.15) is 25.3 Å². The highest BCUT2D eigenvalue weighted by Crippen LogP contribution is 2.18. The zero-order chi connectivity index (χ0) is 11.3. The van der Waals surface area contributed by atoms with E-state index >= 15 is 0 Å². The first kappa shape index (κ1) is 12.9. The average molecular weight is 319 g/mol. The lowest BCUT2D eigenvalue weighted by atomic mass is 9.90. The molecule has 0 aliphatic rings. The molecule has 1 unspecified atom stereocenters. The number of rotatable bonds is 5. The fraction of sp³-hybridized carbons (Fsp3) is 0.500. The molecule has 0 bridgehead atoms. The van der Waals surface area contributed by atoms with Gasteiger partial charge in [-0.1, -0.05) is 25.5 Å². The average Bonchev–Trinajstić information content (AvgIpc) is 2.22. The molecule has 0 amide bonds. The molecule has 0 saturated heterocycles. The van der Waals surface area contributed by atoms with Crippen molar-refractivity contribution in [2.75, 3.05) is 6.54 Å². The molecule has 0 aromatic heterocycles. The topological polar surface area (TPSA) is 46.2 Å². The van der Waals surface area contributed by atoms with Gasteiger partial charge in [0.2, 0.25) is 0 Å². The van der Waals surface area contributed by atoms with Crippen molar-refractivity contribution in [3.05, 3.63) is 33.4 Å². The molecule has 84 valence electrons. The van der Waals surface area contributed by atoms with Crippen LogP contribution in [-0.4, -0.2) is 17.3 Å². The maximum absolute atomic E-state index is 10.2. The Hall–Kier alpha value is -0.130. The van der Waals surface area contributed by atoms with Gasteiger partial charge < -0.3 is 10.8 Å². The van der Waals surface area contributed by atoms with E-state index in [0.29, 0.717) is 13.0 Å². The van der Waals surface area contributed by atoms with E-state index in [9.17, 15) is 5.11 Å². The number of halogens is 1. The molecule has 1 rings (SSSR count). The first-order valence-corrected chi connectivity index (χ1v) is 6.34. The number of hydrogen-bond donors (Lipinski definition) is 2. The molecule has 1 aromatic carbocycles. The van der Waals surface area contributed by atoms with Gasteiger partial charge in [0.05, 0.1) is 5.60 Å². The first-order valence-electron chi connectivity index (χ1n) is 5.26. The monoisotopic (exact) mass is 319 g/mol. The predicted octanol–water partition coefficient (Wildman–Crippen LogP) is 2.32. The summed E-state index contributed by atoms with van der Waals surface area (Å²) in [4.78, 5) is 0. The Balaban J connectivity index is 2.70. The Morgan fingerprint density at radius 2 is 1.93 bits per heavy atom. The fourth-order valence-electron chi connectivity index (χ4n) is 1.71. The van der Waals surface area contributed by atoms with Crippen molar-refractivity contribution < 1.29 is 5.11 Å². The molecular weight excluding hydrogens is 301 g/mol. The second kappa shape index (κ2) is 5.82. The lowest BCUT2D eigenvalue weighted by Gasteiger charge is -2.26. The highest BCUT2D eigenvalue weighted by atomic mass is 127. The maximum atomic E-state index is 10.2. The molecule has 0 saturated carbocycles. The van der Waals surface area contributed by atoms with Crippen molar-refractivity contribution in [1.29, 1.82) is 0 Å². The van der Waals surface area contributed by atoms with Crippen molar-refractivity contribution in [3.8, 4) is 0 Å². The van der Waals surface area contributed by atoms with Gasteiger partial charge in [-0.15, -0.1) is 0 Å². The van der Waals surface area contributed by atoms with E-state index in [0.717, 1.165) is 18.4 Å². The van der Waals surface area contributed by atoms with Gasteiger partial charge in [0.25, 0.3) is 0 Å². The van der Waals surface area contributed by atoms with Crippen LogP contribution >= 0.6 is 22.6 Å². The quantitative estimate of drug-likeness (QED) is 0.818. The van der Waals surface area contributed by atoms with E-state index in [1.165, 1.54) is 3.57 Å². The minimum Gasteiger partial charge on any atom is -0.388 e. The van der Waals surface area contributed by atoms with Crippen molar-refractivity contribution >= 4 is 22.6 Å². The van der Waals surface area contributed by atoms with E-state index < -0.39 is 5.60 Å². The number of aliphatic hydroxyl groups is 1. The lowest BCUT2D eigenvalue weighted by Crippen LogP contribution is -2.39. The van der Waals surface area contributed by atoms with E-state index in [1.807, 2.05) is 0 Å². The SMILES string of the molecule is CCCC(O)(CN)Cc1ccc(I)cc1. The summed E-state index contributed by atoms with van der Waals surface area (Å²) in [5.74, 6) is 0. The highest BCUT2D eigenvalue weighted by Gasteiger charge is 2.24. The van der Waals surface area contributed by atoms with Gasteiger partial charge >= 0.3 is 0 Å². The molecule has 3 N–H and O–H groups in total. The van der Waals surface area contributed by atoms with E-state index in [4.69, 9.17) is 5.73 Å². The van der Waals surface area contributed by atoms with E-state index in [2.05, 4.69) is 53.8 Å². The van der Waals surface area contributed by atoms with Crippen LogP contribution in [0.4, 0.5) is 0 Å². The summed E-state index contributed by atoms with van der Waals surface area (Å²) in [5, 5.41) is 10.2. The molecule has 0 heterocycles. The Morgan fingerprint density at radius 3 is 2.40 bits per heavy atom. The summed E-state index contributed by atoms with van der Waals surface area (Å²) in [6, 6.07) is 8.22. The summed E-state index contributed by atoms with van der Waals surface area (Å²) < 4.78 is 1.21. The normalized spacial score (nSPS) is 14.9. The van der Waals surface area contributed by atoms with Crippen molar-refractivity contribution in [2.45, 2.75) is 31.8 Å². The third-order valence-electron chi connectivity index (χ3n) is 2.54. The standard InChI is InChI=1S/C12H18INO/c1-2-7-12(15,9-14)8-10-3-5-11(13)6-4-10/h3-6,15H,2,7-9,14H2,1H3. The second-order valence-corrected chi connectivity index (χ2v) is 5.23. The summed E-state index contributed by atoms with van der Waals surface area (Å²) >= 11 is 2.27. The zero-order valence-electron chi connectivity index (χ0n) is 9.04. The van der Waals surface area contributed by atoms with Gasteiger partial charge in [-0.2, -0.15) is 0 Å². The van der Waals surface area contributed by atoms with Gasteiger partial charge in [-0.05, 0) is 46.7 Å². The first-order chi connectivity index (χ1) is 7.09. The van der Waals surface area contributed by atoms with Gasteiger partial charge in [0, 0.05) is 16.5 Å². The Labute approximate surface area is 105 Å². The smallest absolute Gasteiger partial charge is 0.0809 e. The highest BCUT2D eigenvalue weighted by molar-refractivity contribution is 14.1. The third kappa shape index (κ3) is 4.09. The van der Waals surface area contributed by atoms with Crippen LogP contribution in [0.5, 0.6) is 0 Å². The van der Waals surface area contributed by atoms with Crippen molar-refractivity contribution in [2.24, 2.45) is 5.73 Å². The molecule has 0 aliphatic heterocycles. The van der Waals surface area contributed by atoms with E-state index in [1.54, 1.807) is 0 Å². The van der Waals surface area contributed by atoms with Gasteiger partial charge in [0.15, 0.2) is 0 Å². The maximum Gasteiger partial charge on any atom is 0.0809 e. The van der Waals surface area contributed by atoms with Crippen LogP contribution < -0.4 is 5.73 Å². The molecule has 0 aliphatic carbocycles. The number of benzene rings is 1. The van der Waals surface area contributed by atoms with Crippen LogP contribution in [0, 0.1) is 3.57 Å². The predicted molar refractivity (Wildman–Crippen MR) is 71.8 cm³/mol. The summed E-state index contributed by atoms with van der Waals surface area (Å²) in [7, 11) is 0. The Kier molecular flexibility index (Phi) is 5.02. The van der Waals surface area contributed by atoms with Gasteiger partial charge in [0.1, 0.15) is 0 Å². The minimum absolute atomic E-state index is 0.326. The van der Waals surface area contributed by atoms with Crippen LogP contribution in [-0.2, 0) is 6.42 Å². The van der Waals surface area contributed by atoms with Gasteiger partial charge in [-0.3, -0.25) is 0 Å². The molecule has 0 spiro atoms. The van der Waals surface area contributed by atoms with E-state index in [-0.39, 0.29) is 0 Å². The van der Waals surface area contributed by atoms with Gasteiger partial charge in [-0.25, -0.2) is 0 Å². The second-order valence-electron chi connectivity index (χ2n) is 3.98. The molecule has 0 fully saturated rings. The molecule has 1 aromatic rings. The van der Waals surface area contributed by atoms with Crippen molar-refractivity contribution in [1.82, 2.24) is 0 Å². The molecule has 3 heteroatoms. The largest absolute Gasteiger partial charge is 0.388 e. The molecule has 15 heavy (non-hydrogen) atoms. The molecule has 1 atom stereocenters. The summed E-state index contributed by atoms with van der Waals surface area (Å²) in [5.41, 5.74) is 6.03. The van der Waals surface area contributed by atoms with Crippen molar-refractivity contribution in [3.63, 3.8) is 0 Å². The fourth-order valence-corrected chi connectivity index (χ4v) is 2.07. The minimum atomic E-state index is -0.735. The Morgan fingerprint density at radius 1 is 1.33 bits per heavy atom. The number of hydrogen-bond acceptors (Lipinski definition) is 2. The van der Waals surface area contributed by atoms with Crippen LogP contribution in [0.15, 0.2) is 24.3 Å². The summed E-state index contributed by atoms with van der Waals surface area (Å²) in [6.45, 7) is 2.39.